The van der Waals surface area contributed by atoms with E-state index in [4.69, 9.17) is 0 Å². The summed E-state index contributed by atoms with van der Waals surface area (Å²) < 4.78 is 32.0. The Hall–Kier alpha value is -3.93. The first kappa shape index (κ1) is 25.2. The highest BCUT2D eigenvalue weighted by atomic mass is 19.3. The topological polar surface area (TPSA) is 118 Å². The van der Waals surface area contributed by atoms with Gasteiger partial charge in [0.2, 0.25) is 0 Å². The van der Waals surface area contributed by atoms with Crippen LogP contribution in [0.25, 0.3) is 33.5 Å². The van der Waals surface area contributed by atoms with Gasteiger partial charge in [0.15, 0.2) is 5.65 Å². The van der Waals surface area contributed by atoms with Gasteiger partial charge in [0.05, 0.1) is 29.9 Å². The molecule has 0 aliphatic carbocycles. The fraction of sp³-hybridized carbons (Fsp3) is 0.375. The number of rotatable bonds is 8. The molecule has 10 nitrogen and oxygen atoms in total. The summed E-state index contributed by atoms with van der Waals surface area (Å²) in [7, 11) is 3.55. The van der Waals surface area contributed by atoms with E-state index in [1.807, 2.05) is 20.8 Å². The van der Waals surface area contributed by atoms with Crippen LogP contribution in [0.15, 0.2) is 30.6 Å². The number of likely N-dealkylation sites (N-methyl/N-ethyl adjacent to an activating group) is 1. The molecule has 0 saturated heterocycles. The molecule has 1 atom stereocenters. The van der Waals surface area contributed by atoms with Crippen LogP contribution in [0.4, 0.5) is 8.78 Å². The lowest BCUT2D eigenvalue weighted by atomic mass is 10.1. The standard InChI is InChI=1S/C24H27F2N7O3/c1-24(2,3)30-22(35)16-9-27-21-20(16)29-17(10-28-21)19-15-8-14(36-23(25)26)6-7-18(15)33(31-19)11-13(12-34)32(4)5/h6-10,12-13,23H,11H2,1-5H3,(H,27,28)(H,30,35). The minimum atomic E-state index is -2.99. The molecule has 0 spiro atoms. The maximum absolute atomic E-state index is 12.9. The molecule has 0 aliphatic heterocycles. The number of nitrogens with zero attached hydrogens (tertiary/aromatic N) is 5. The predicted octanol–water partition coefficient (Wildman–Crippen LogP) is 3.23. The average Bonchev–Trinajstić information content (AvgIpc) is 3.36. The predicted molar refractivity (Wildman–Crippen MR) is 130 cm³/mol. The summed E-state index contributed by atoms with van der Waals surface area (Å²) in [6.45, 7) is 2.84. The van der Waals surface area contributed by atoms with E-state index in [2.05, 4.69) is 30.1 Å². The van der Waals surface area contributed by atoms with Gasteiger partial charge in [-0.3, -0.25) is 14.4 Å². The van der Waals surface area contributed by atoms with Crippen LogP contribution < -0.4 is 10.1 Å². The first-order chi connectivity index (χ1) is 17.0. The van der Waals surface area contributed by atoms with E-state index >= 15 is 0 Å². The number of H-pyrrole nitrogens is 1. The van der Waals surface area contributed by atoms with Crippen LogP contribution in [-0.2, 0) is 11.3 Å². The van der Waals surface area contributed by atoms with Gasteiger partial charge in [-0.1, -0.05) is 0 Å². The summed E-state index contributed by atoms with van der Waals surface area (Å²) in [6.07, 6.45) is 3.83. The minimum absolute atomic E-state index is 0.0428. The van der Waals surface area contributed by atoms with Gasteiger partial charge in [0, 0.05) is 17.1 Å². The van der Waals surface area contributed by atoms with Crippen molar-refractivity contribution in [2.75, 3.05) is 14.1 Å². The van der Waals surface area contributed by atoms with E-state index in [0.717, 1.165) is 6.29 Å². The van der Waals surface area contributed by atoms with E-state index in [-0.39, 0.29) is 18.2 Å². The van der Waals surface area contributed by atoms with Gasteiger partial charge in [0.1, 0.15) is 28.9 Å². The summed E-state index contributed by atoms with van der Waals surface area (Å²) in [6, 6.07) is 4.00. The van der Waals surface area contributed by atoms with E-state index in [0.29, 0.717) is 39.0 Å². The van der Waals surface area contributed by atoms with Crippen molar-refractivity contribution in [3.63, 3.8) is 0 Å². The smallest absolute Gasteiger partial charge is 0.387 e. The molecule has 190 valence electrons. The molecular formula is C24H27F2N7O3. The summed E-state index contributed by atoms with van der Waals surface area (Å²) in [5.41, 5.74) is 1.90. The number of aldehydes is 1. The van der Waals surface area contributed by atoms with Crippen molar-refractivity contribution in [3.05, 3.63) is 36.2 Å². The molecule has 0 bridgehead atoms. The van der Waals surface area contributed by atoms with Crippen molar-refractivity contribution in [1.29, 1.82) is 0 Å². The van der Waals surface area contributed by atoms with Crippen molar-refractivity contribution in [3.8, 4) is 17.1 Å². The quantitative estimate of drug-likeness (QED) is 0.357. The number of carbonyl (C=O) groups excluding carboxylic acids is 2. The lowest BCUT2D eigenvalue weighted by molar-refractivity contribution is -0.112. The second kappa shape index (κ2) is 9.61. The molecule has 1 amide bonds. The Morgan fingerprint density at radius 2 is 2.06 bits per heavy atom. The number of aromatic amines is 1. The highest BCUT2D eigenvalue weighted by Crippen LogP contribution is 2.31. The number of hydrogen-bond acceptors (Lipinski definition) is 7. The van der Waals surface area contributed by atoms with Crippen LogP contribution >= 0.6 is 0 Å². The molecule has 3 aromatic heterocycles. The first-order valence-electron chi connectivity index (χ1n) is 11.2. The van der Waals surface area contributed by atoms with Crippen molar-refractivity contribution in [2.45, 2.75) is 45.5 Å². The van der Waals surface area contributed by atoms with Crippen molar-refractivity contribution in [1.82, 2.24) is 34.9 Å². The Morgan fingerprint density at radius 3 is 2.69 bits per heavy atom. The van der Waals surface area contributed by atoms with Gasteiger partial charge >= 0.3 is 6.61 Å². The van der Waals surface area contributed by atoms with Crippen LogP contribution in [0.5, 0.6) is 5.75 Å². The fourth-order valence-electron chi connectivity index (χ4n) is 3.75. The van der Waals surface area contributed by atoms with E-state index in [9.17, 15) is 18.4 Å². The number of alkyl halides is 2. The van der Waals surface area contributed by atoms with Crippen LogP contribution in [0.1, 0.15) is 31.1 Å². The molecule has 0 radical (unpaired) electrons. The lowest BCUT2D eigenvalue weighted by Gasteiger charge is -2.19. The third-order valence-corrected chi connectivity index (χ3v) is 5.48. The van der Waals surface area contributed by atoms with Gasteiger partial charge in [-0.25, -0.2) is 9.97 Å². The number of aromatic nitrogens is 5. The summed E-state index contributed by atoms with van der Waals surface area (Å²) in [4.78, 5) is 38.2. The molecule has 36 heavy (non-hydrogen) atoms. The molecule has 2 N–H and O–H groups in total. The summed E-state index contributed by atoms with van der Waals surface area (Å²) in [5.74, 6) is -0.359. The van der Waals surface area contributed by atoms with Gasteiger partial charge in [0.25, 0.3) is 5.91 Å². The molecule has 0 fully saturated rings. The second-order valence-electron chi connectivity index (χ2n) is 9.61. The number of ether oxygens (including phenoxy) is 1. The Labute approximate surface area is 205 Å². The molecule has 12 heteroatoms. The molecule has 3 heterocycles. The maximum atomic E-state index is 12.9. The lowest BCUT2D eigenvalue weighted by Crippen LogP contribution is -2.40. The Morgan fingerprint density at radius 1 is 1.31 bits per heavy atom. The Kier molecular flexibility index (Phi) is 6.72. The molecule has 4 rings (SSSR count). The highest BCUT2D eigenvalue weighted by Gasteiger charge is 2.23. The van der Waals surface area contributed by atoms with Gasteiger partial charge in [-0.2, -0.15) is 13.9 Å². The highest BCUT2D eigenvalue weighted by molar-refractivity contribution is 6.05. The summed E-state index contributed by atoms with van der Waals surface area (Å²) in [5, 5.41) is 8.04. The van der Waals surface area contributed by atoms with Gasteiger partial charge < -0.3 is 19.8 Å². The fourth-order valence-corrected chi connectivity index (χ4v) is 3.75. The van der Waals surface area contributed by atoms with Crippen LogP contribution in [-0.4, -0.2) is 74.1 Å². The zero-order valence-corrected chi connectivity index (χ0v) is 20.5. The van der Waals surface area contributed by atoms with E-state index < -0.39 is 18.2 Å². The Bertz CT molecular complexity index is 1420. The number of benzene rings is 1. The van der Waals surface area contributed by atoms with Gasteiger partial charge in [-0.15, -0.1) is 0 Å². The third kappa shape index (κ3) is 5.18. The van der Waals surface area contributed by atoms with Crippen molar-refractivity contribution < 1.29 is 23.1 Å². The number of amides is 1. The van der Waals surface area contributed by atoms with E-state index in [1.54, 1.807) is 29.7 Å². The van der Waals surface area contributed by atoms with Crippen LogP contribution in [0.3, 0.4) is 0 Å². The normalized spacial score (nSPS) is 13.0. The van der Waals surface area contributed by atoms with Crippen LogP contribution in [0, 0.1) is 0 Å². The number of hydrogen-bond donors (Lipinski definition) is 2. The molecule has 0 aliphatic rings. The monoisotopic (exact) mass is 499 g/mol. The summed E-state index contributed by atoms with van der Waals surface area (Å²) >= 11 is 0. The second-order valence-corrected chi connectivity index (χ2v) is 9.61. The van der Waals surface area contributed by atoms with Crippen molar-refractivity contribution >= 4 is 34.3 Å². The maximum Gasteiger partial charge on any atom is 0.387 e. The minimum Gasteiger partial charge on any atom is -0.435 e. The van der Waals surface area contributed by atoms with Crippen molar-refractivity contribution in [2.24, 2.45) is 0 Å². The molecule has 4 aromatic rings. The number of nitrogens with one attached hydrogen (secondary N) is 2. The molecular weight excluding hydrogens is 472 g/mol. The third-order valence-electron chi connectivity index (χ3n) is 5.48. The molecule has 0 saturated carbocycles. The first-order valence-corrected chi connectivity index (χ1v) is 11.2. The number of fused-ring (bicyclic) bond motifs is 2. The zero-order chi connectivity index (χ0) is 26.2. The molecule has 1 unspecified atom stereocenters. The number of halogens is 2. The van der Waals surface area contributed by atoms with Gasteiger partial charge in [-0.05, 0) is 53.1 Å². The SMILES string of the molecule is CN(C)C(C=O)Cn1nc(-c2cnc3[nH]cc(C(=O)NC(C)(C)C)c3n2)c2cc(OC(F)F)ccc21. The molecule has 1 aromatic carbocycles. The van der Waals surface area contributed by atoms with E-state index in [1.165, 1.54) is 24.5 Å². The largest absolute Gasteiger partial charge is 0.435 e. The zero-order valence-electron chi connectivity index (χ0n) is 20.5. The average molecular weight is 500 g/mol. The Balaban J connectivity index is 1.86. The number of carbonyl (C=O) groups is 2. The van der Waals surface area contributed by atoms with Crippen LogP contribution in [0.2, 0.25) is 0 Å².